The van der Waals surface area contributed by atoms with Gasteiger partial charge in [-0.2, -0.15) is 0 Å². The zero-order valence-corrected chi connectivity index (χ0v) is 13.0. The highest BCUT2D eigenvalue weighted by molar-refractivity contribution is 6.08. The third-order valence-corrected chi connectivity index (χ3v) is 3.98. The van der Waals surface area contributed by atoms with Crippen LogP contribution in [0.3, 0.4) is 0 Å². The van der Waals surface area contributed by atoms with E-state index in [4.69, 9.17) is 9.47 Å². The molecule has 7 nitrogen and oxygen atoms in total. The summed E-state index contributed by atoms with van der Waals surface area (Å²) in [6, 6.07) is 8.40. The Morgan fingerprint density at radius 3 is 3.04 bits per heavy atom. The van der Waals surface area contributed by atoms with E-state index in [0.29, 0.717) is 35.2 Å². The quantitative estimate of drug-likeness (QED) is 0.865. The van der Waals surface area contributed by atoms with Crippen molar-refractivity contribution in [3.63, 3.8) is 0 Å². The second-order valence-electron chi connectivity index (χ2n) is 5.71. The lowest BCUT2D eigenvalue weighted by Crippen LogP contribution is -2.45. The summed E-state index contributed by atoms with van der Waals surface area (Å²) >= 11 is 0. The maximum atomic E-state index is 13.0. The number of fused-ring (bicyclic) bond motifs is 2. The van der Waals surface area contributed by atoms with Crippen LogP contribution in [0.2, 0.25) is 0 Å². The highest BCUT2D eigenvalue weighted by Gasteiger charge is 2.32. The van der Waals surface area contributed by atoms with Gasteiger partial charge in [0.1, 0.15) is 12.4 Å². The van der Waals surface area contributed by atoms with Crippen LogP contribution >= 0.6 is 0 Å². The highest BCUT2D eigenvalue weighted by Crippen LogP contribution is 2.34. The number of hydrogen-bond acceptors (Lipinski definition) is 5. The van der Waals surface area contributed by atoms with Gasteiger partial charge in [0.2, 0.25) is 0 Å². The van der Waals surface area contributed by atoms with Gasteiger partial charge < -0.3 is 14.8 Å². The van der Waals surface area contributed by atoms with Crippen LogP contribution in [0.15, 0.2) is 36.5 Å². The number of rotatable bonds is 1. The third kappa shape index (κ3) is 2.34. The van der Waals surface area contributed by atoms with Crippen LogP contribution in [-0.2, 0) is 4.79 Å². The Morgan fingerprint density at radius 1 is 1.29 bits per heavy atom. The number of benzene rings is 1. The van der Waals surface area contributed by atoms with E-state index < -0.39 is 0 Å². The van der Waals surface area contributed by atoms with Crippen LogP contribution in [0, 0.1) is 0 Å². The van der Waals surface area contributed by atoms with Crippen molar-refractivity contribution >= 4 is 23.3 Å². The second kappa shape index (κ2) is 5.52. The van der Waals surface area contributed by atoms with Crippen molar-refractivity contribution in [2.45, 2.75) is 13.0 Å². The van der Waals surface area contributed by atoms with Gasteiger partial charge in [0.15, 0.2) is 18.2 Å². The predicted octanol–water partition coefficient (Wildman–Crippen LogP) is 1.84. The molecule has 7 heteroatoms. The molecule has 3 heterocycles. The van der Waals surface area contributed by atoms with Crippen LogP contribution in [0.25, 0.3) is 0 Å². The van der Waals surface area contributed by atoms with Crippen molar-refractivity contribution in [3.8, 4) is 11.5 Å². The van der Waals surface area contributed by atoms with Gasteiger partial charge in [-0.25, -0.2) is 4.98 Å². The lowest BCUT2D eigenvalue weighted by molar-refractivity contribution is -0.118. The Balaban J connectivity index is 1.71. The molecule has 2 amide bonds. The van der Waals surface area contributed by atoms with Gasteiger partial charge >= 0.3 is 0 Å². The van der Waals surface area contributed by atoms with Crippen molar-refractivity contribution in [1.82, 2.24) is 4.98 Å². The van der Waals surface area contributed by atoms with E-state index >= 15 is 0 Å². The van der Waals surface area contributed by atoms with Crippen LogP contribution in [0.4, 0.5) is 11.5 Å². The molecule has 24 heavy (non-hydrogen) atoms. The largest absolute Gasteiger partial charge is 0.488 e. The normalized spacial score (nSPS) is 18.6. The van der Waals surface area contributed by atoms with Crippen LogP contribution < -0.4 is 19.7 Å². The molecule has 1 N–H and O–H groups in total. The average Bonchev–Trinajstić information content (AvgIpc) is 2.60. The molecular weight excluding hydrogens is 310 g/mol. The number of anilines is 2. The van der Waals surface area contributed by atoms with Gasteiger partial charge in [-0.05, 0) is 37.3 Å². The second-order valence-corrected chi connectivity index (χ2v) is 5.71. The standard InChI is InChI=1S/C17H15N3O4/c1-10-8-23-14-3-2-6-18-16(14)20(10)17(22)11-4-5-13-12(7-11)19-15(21)9-24-13/h2-7,10H,8-9H2,1H3,(H,19,21)/t10-/m0/s1. The molecule has 1 aromatic heterocycles. The van der Waals surface area contributed by atoms with Gasteiger partial charge in [0, 0.05) is 11.8 Å². The molecule has 0 saturated carbocycles. The fourth-order valence-electron chi connectivity index (χ4n) is 2.82. The molecule has 0 aliphatic carbocycles. The molecule has 1 aromatic carbocycles. The van der Waals surface area contributed by atoms with Crippen molar-refractivity contribution in [1.29, 1.82) is 0 Å². The Kier molecular flexibility index (Phi) is 3.34. The van der Waals surface area contributed by atoms with E-state index in [1.807, 2.05) is 6.92 Å². The highest BCUT2D eigenvalue weighted by atomic mass is 16.5. The summed E-state index contributed by atoms with van der Waals surface area (Å²) in [6.07, 6.45) is 1.63. The first kappa shape index (κ1) is 14.5. The predicted molar refractivity (Wildman–Crippen MR) is 86.6 cm³/mol. The van der Waals surface area contributed by atoms with E-state index in [1.165, 1.54) is 0 Å². The van der Waals surface area contributed by atoms with E-state index in [2.05, 4.69) is 10.3 Å². The number of carbonyl (C=O) groups excluding carboxylic acids is 2. The molecule has 0 bridgehead atoms. The molecule has 2 aliphatic heterocycles. The zero-order chi connectivity index (χ0) is 16.7. The summed E-state index contributed by atoms with van der Waals surface area (Å²) in [5.41, 5.74) is 0.948. The first-order valence-electron chi connectivity index (χ1n) is 7.61. The van der Waals surface area contributed by atoms with Gasteiger partial charge in [-0.1, -0.05) is 0 Å². The molecule has 0 spiro atoms. The Bertz CT molecular complexity index is 836. The van der Waals surface area contributed by atoms with Gasteiger partial charge in [0.05, 0.1) is 11.7 Å². The van der Waals surface area contributed by atoms with Crippen molar-refractivity contribution in [2.75, 3.05) is 23.4 Å². The van der Waals surface area contributed by atoms with Crippen molar-refractivity contribution < 1.29 is 19.1 Å². The van der Waals surface area contributed by atoms with Crippen LogP contribution in [-0.4, -0.2) is 36.1 Å². The summed E-state index contributed by atoms with van der Waals surface area (Å²) in [4.78, 5) is 30.4. The molecule has 122 valence electrons. The Morgan fingerprint density at radius 2 is 2.17 bits per heavy atom. The number of nitrogens with zero attached hydrogens (tertiary/aromatic N) is 2. The molecule has 0 unspecified atom stereocenters. The lowest BCUT2D eigenvalue weighted by atomic mass is 10.1. The minimum absolute atomic E-state index is 0.0158. The van der Waals surface area contributed by atoms with Gasteiger partial charge in [0.25, 0.3) is 11.8 Å². The SMILES string of the molecule is C[C@H]1COc2cccnc2N1C(=O)c1ccc2c(c1)NC(=O)CO2. The number of pyridine rings is 1. The first-order chi connectivity index (χ1) is 11.6. The number of amides is 2. The molecule has 0 fully saturated rings. The number of nitrogens with one attached hydrogen (secondary N) is 1. The fourth-order valence-corrected chi connectivity index (χ4v) is 2.82. The summed E-state index contributed by atoms with van der Waals surface area (Å²) in [5.74, 6) is 1.20. The molecule has 0 radical (unpaired) electrons. The number of ether oxygens (including phenoxy) is 2. The van der Waals surface area contributed by atoms with E-state index in [9.17, 15) is 9.59 Å². The lowest BCUT2D eigenvalue weighted by Gasteiger charge is -2.34. The molecular formula is C17H15N3O4. The van der Waals surface area contributed by atoms with Crippen LogP contribution in [0.5, 0.6) is 11.5 Å². The minimum Gasteiger partial charge on any atom is -0.488 e. The molecule has 2 aromatic rings. The maximum absolute atomic E-state index is 13.0. The molecule has 0 saturated heterocycles. The molecule has 2 aliphatic rings. The number of aromatic nitrogens is 1. The smallest absolute Gasteiger partial charge is 0.262 e. The van der Waals surface area contributed by atoms with E-state index in [-0.39, 0.29) is 24.5 Å². The zero-order valence-electron chi connectivity index (χ0n) is 13.0. The Labute approximate surface area is 138 Å². The summed E-state index contributed by atoms with van der Waals surface area (Å²) in [7, 11) is 0. The average molecular weight is 325 g/mol. The van der Waals surface area contributed by atoms with Crippen molar-refractivity contribution in [3.05, 3.63) is 42.1 Å². The van der Waals surface area contributed by atoms with Crippen LogP contribution in [0.1, 0.15) is 17.3 Å². The molecule has 4 rings (SSSR count). The van der Waals surface area contributed by atoms with E-state index in [0.717, 1.165) is 0 Å². The monoisotopic (exact) mass is 325 g/mol. The number of hydrogen-bond donors (Lipinski definition) is 1. The minimum atomic E-state index is -0.237. The van der Waals surface area contributed by atoms with Gasteiger partial charge in [-0.3, -0.25) is 14.5 Å². The number of carbonyl (C=O) groups is 2. The Hall–Kier alpha value is -3.09. The molecule has 1 atom stereocenters. The maximum Gasteiger partial charge on any atom is 0.262 e. The first-order valence-corrected chi connectivity index (χ1v) is 7.61. The topological polar surface area (TPSA) is 80.8 Å². The summed E-state index contributed by atoms with van der Waals surface area (Å²) in [5, 5.41) is 2.71. The van der Waals surface area contributed by atoms with Crippen molar-refractivity contribution in [2.24, 2.45) is 0 Å². The fraction of sp³-hybridized carbons (Fsp3) is 0.235. The van der Waals surface area contributed by atoms with E-state index in [1.54, 1.807) is 41.4 Å². The summed E-state index contributed by atoms with van der Waals surface area (Å²) in [6.45, 7) is 2.28. The van der Waals surface area contributed by atoms with Gasteiger partial charge in [-0.15, -0.1) is 0 Å². The third-order valence-electron chi connectivity index (χ3n) is 3.98. The summed E-state index contributed by atoms with van der Waals surface area (Å²) < 4.78 is 10.9.